The second-order valence-corrected chi connectivity index (χ2v) is 5.39. The van der Waals surface area contributed by atoms with Gasteiger partial charge in [-0.25, -0.2) is 0 Å². The van der Waals surface area contributed by atoms with Gasteiger partial charge in [-0.05, 0) is 18.1 Å². The van der Waals surface area contributed by atoms with Gasteiger partial charge in [0.25, 0.3) is 6.01 Å². The van der Waals surface area contributed by atoms with Crippen molar-refractivity contribution in [3.63, 3.8) is 0 Å². The molecule has 130 valence electrons. The number of carboxylic acid groups (broad SMARTS) is 1. The van der Waals surface area contributed by atoms with Crippen molar-refractivity contribution in [2.75, 3.05) is 12.3 Å². The highest BCUT2D eigenvalue weighted by atomic mass is 16.5. The van der Waals surface area contributed by atoms with Crippen LogP contribution in [-0.2, 0) is 17.8 Å². The van der Waals surface area contributed by atoms with Crippen LogP contribution < -0.4 is 10.5 Å². The predicted molar refractivity (Wildman–Crippen MR) is 89.5 cm³/mol. The fraction of sp³-hybridized carbons (Fsp3) is 0.250. The van der Waals surface area contributed by atoms with E-state index in [4.69, 9.17) is 15.6 Å². The van der Waals surface area contributed by atoms with E-state index in [9.17, 15) is 9.90 Å². The summed E-state index contributed by atoms with van der Waals surface area (Å²) >= 11 is 0. The second kappa shape index (κ2) is 6.63. The molecule has 3 rings (SSSR count). The molecule has 0 spiro atoms. The summed E-state index contributed by atoms with van der Waals surface area (Å²) in [5.74, 6) is -0.794. The Labute approximate surface area is 142 Å². The van der Waals surface area contributed by atoms with Crippen molar-refractivity contribution in [1.82, 2.24) is 19.5 Å². The Hall–Kier alpha value is -3.36. The molecule has 0 aliphatic rings. The molecule has 9 heteroatoms. The molecule has 0 aliphatic heterocycles. The number of rotatable bonds is 6. The molecule has 25 heavy (non-hydrogen) atoms. The summed E-state index contributed by atoms with van der Waals surface area (Å²) in [6.45, 7) is 2.42. The molecule has 4 N–H and O–H groups in total. The van der Waals surface area contributed by atoms with Gasteiger partial charge in [-0.2, -0.15) is 15.0 Å². The highest BCUT2D eigenvalue weighted by molar-refractivity contribution is 5.83. The van der Waals surface area contributed by atoms with Crippen molar-refractivity contribution in [2.45, 2.75) is 19.9 Å². The zero-order chi connectivity index (χ0) is 18.0. The number of nitrogens with two attached hydrogens (primary N) is 1. The number of ether oxygens (including phenoxy) is 1. The molecule has 0 amide bonds. The maximum Gasteiger partial charge on any atom is 0.320 e. The highest BCUT2D eigenvalue weighted by Gasteiger charge is 2.17. The molecule has 0 saturated carbocycles. The lowest BCUT2D eigenvalue weighted by Gasteiger charge is -2.08. The molecule has 1 aromatic carbocycles. The summed E-state index contributed by atoms with van der Waals surface area (Å²) in [7, 11) is 0. The van der Waals surface area contributed by atoms with Crippen molar-refractivity contribution >= 4 is 23.0 Å². The van der Waals surface area contributed by atoms with Crippen molar-refractivity contribution < 1.29 is 19.7 Å². The van der Waals surface area contributed by atoms with Crippen molar-refractivity contribution in [2.24, 2.45) is 0 Å². The van der Waals surface area contributed by atoms with Crippen LogP contribution in [0.3, 0.4) is 0 Å². The van der Waals surface area contributed by atoms with E-state index in [1.807, 2.05) is 6.07 Å². The zero-order valence-corrected chi connectivity index (χ0v) is 13.5. The number of anilines is 1. The first kappa shape index (κ1) is 16.5. The molecule has 0 saturated heterocycles. The predicted octanol–water partition coefficient (Wildman–Crippen LogP) is 1.19. The molecule has 0 bridgehead atoms. The minimum Gasteiger partial charge on any atom is -0.481 e. The molecular formula is C16H17N5O4. The molecular weight excluding hydrogens is 326 g/mol. The molecule has 0 unspecified atom stereocenters. The largest absolute Gasteiger partial charge is 0.481 e. The lowest BCUT2D eigenvalue weighted by Crippen LogP contribution is -2.06. The number of carboxylic acids is 1. The van der Waals surface area contributed by atoms with Crippen LogP contribution in [0.15, 0.2) is 24.3 Å². The molecule has 0 aliphatic carbocycles. The first-order chi connectivity index (χ1) is 12.0. The number of aromatic nitrogens is 4. The van der Waals surface area contributed by atoms with Gasteiger partial charge in [0.15, 0.2) is 17.0 Å². The van der Waals surface area contributed by atoms with Crippen molar-refractivity contribution in [3.05, 3.63) is 35.4 Å². The fourth-order valence-corrected chi connectivity index (χ4v) is 2.52. The van der Waals surface area contributed by atoms with Crippen LogP contribution in [0.5, 0.6) is 12.0 Å². The highest BCUT2D eigenvalue weighted by Crippen LogP contribution is 2.25. The number of aliphatic carboxylic acids is 1. The van der Waals surface area contributed by atoms with Gasteiger partial charge in [0.2, 0.25) is 0 Å². The molecule has 0 atom stereocenters. The van der Waals surface area contributed by atoms with Crippen LogP contribution in [-0.4, -0.2) is 42.3 Å². The number of nitrogen functional groups attached to an aromatic ring is 1. The Morgan fingerprint density at radius 1 is 1.28 bits per heavy atom. The van der Waals surface area contributed by atoms with Crippen LogP contribution in [0.2, 0.25) is 0 Å². The van der Waals surface area contributed by atoms with E-state index < -0.39 is 5.97 Å². The van der Waals surface area contributed by atoms with Gasteiger partial charge < -0.3 is 20.7 Å². The Kier molecular flexibility index (Phi) is 4.38. The first-order valence-electron chi connectivity index (χ1n) is 7.63. The normalized spacial score (nSPS) is 10.9. The van der Waals surface area contributed by atoms with Crippen LogP contribution in [0.1, 0.15) is 18.1 Å². The van der Waals surface area contributed by atoms with Gasteiger partial charge in [-0.15, -0.1) is 0 Å². The lowest BCUT2D eigenvalue weighted by atomic mass is 10.1. The molecule has 2 aromatic heterocycles. The molecule has 0 fully saturated rings. The summed E-state index contributed by atoms with van der Waals surface area (Å²) in [6, 6.07) is 6.93. The molecule has 3 aromatic rings. The van der Waals surface area contributed by atoms with Crippen molar-refractivity contribution in [3.8, 4) is 12.0 Å². The maximum absolute atomic E-state index is 10.9. The SMILES string of the molecule is CCOc1nc(N)c2nc(O)n(Cc3cccc(CC(=O)O)c3)c2n1. The average molecular weight is 343 g/mol. The van der Waals surface area contributed by atoms with Crippen LogP contribution in [0, 0.1) is 0 Å². The fourth-order valence-electron chi connectivity index (χ4n) is 2.52. The zero-order valence-electron chi connectivity index (χ0n) is 13.5. The van der Waals surface area contributed by atoms with E-state index in [-0.39, 0.29) is 36.3 Å². The van der Waals surface area contributed by atoms with Crippen LogP contribution in [0.4, 0.5) is 5.82 Å². The van der Waals surface area contributed by atoms with E-state index >= 15 is 0 Å². The number of imidazole rings is 1. The number of nitrogens with zero attached hydrogens (tertiary/aromatic N) is 4. The van der Waals surface area contributed by atoms with E-state index in [0.717, 1.165) is 5.56 Å². The van der Waals surface area contributed by atoms with Gasteiger partial charge in [0.05, 0.1) is 19.6 Å². The quantitative estimate of drug-likeness (QED) is 0.607. The Morgan fingerprint density at radius 3 is 2.76 bits per heavy atom. The van der Waals surface area contributed by atoms with E-state index in [2.05, 4.69) is 15.0 Å². The Morgan fingerprint density at radius 2 is 2.04 bits per heavy atom. The van der Waals surface area contributed by atoms with E-state index in [1.165, 1.54) is 4.57 Å². The van der Waals surface area contributed by atoms with Gasteiger partial charge >= 0.3 is 12.0 Å². The number of carbonyl (C=O) groups is 1. The van der Waals surface area contributed by atoms with E-state index in [0.29, 0.717) is 17.8 Å². The minimum atomic E-state index is -0.907. The number of hydrogen-bond donors (Lipinski definition) is 3. The summed E-state index contributed by atoms with van der Waals surface area (Å²) in [5, 5.41) is 19.1. The van der Waals surface area contributed by atoms with E-state index in [1.54, 1.807) is 25.1 Å². The minimum absolute atomic E-state index is 0.0753. The third-order valence-electron chi connectivity index (χ3n) is 3.54. The van der Waals surface area contributed by atoms with Crippen LogP contribution in [0.25, 0.3) is 11.2 Å². The summed E-state index contributed by atoms with van der Waals surface area (Å²) < 4.78 is 6.75. The molecule has 2 heterocycles. The third-order valence-corrected chi connectivity index (χ3v) is 3.54. The number of fused-ring (bicyclic) bond motifs is 1. The monoisotopic (exact) mass is 343 g/mol. The summed E-state index contributed by atoms with van der Waals surface area (Å²) in [5.41, 5.74) is 7.94. The smallest absolute Gasteiger partial charge is 0.320 e. The molecule has 9 nitrogen and oxygen atoms in total. The number of aromatic hydroxyl groups is 1. The summed E-state index contributed by atoms with van der Waals surface area (Å²) in [6.07, 6.45) is -0.0753. The third kappa shape index (κ3) is 3.44. The van der Waals surface area contributed by atoms with Gasteiger partial charge in [0, 0.05) is 0 Å². The standard InChI is InChI=1S/C16H17N5O4/c1-2-25-15-19-13(17)12-14(20-15)21(16(24)18-12)8-10-5-3-4-9(6-10)7-11(22)23/h3-6H,2,7-8H2,1H3,(H,18,24)(H,22,23)(H2,17,19,20). The summed E-state index contributed by atoms with van der Waals surface area (Å²) in [4.78, 5) is 23.1. The number of benzene rings is 1. The maximum atomic E-state index is 10.9. The Balaban J connectivity index is 2.01. The second-order valence-electron chi connectivity index (χ2n) is 5.39. The molecule has 0 radical (unpaired) electrons. The lowest BCUT2D eigenvalue weighted by molar-refractivity contribution is -0.136. The van der Waals surface area contributed by atoms with Gasteiger partial charge in [-0.1, -0.05) is 24.3 Å². The van der Waals surface area contributed by atoms with Gasteiger partial charge in [-0.3, -0.25) is 9.36 Å². The topological polar surface area (TPSA) is 136 Å². The first-order valence-corrected chi connectivity index (χ1v) is 7.63. The number of hydrogen-bond acceptors (Lipinski definition) is 7. The Bertz CT molecular complexity index is 938. The average Bonchev–Trinajstić information content (AvgIpc) is 2.85. The van der Waals surface area contributed by atoms with Crippen LogP contribution >= 0.6 is 0 Å². The van der Waals surface area contributed by atoms with Crippen molar-refractivity contribution in [1.29, 1.82) is 0 Å². The van der Waals surface area contributed by atoms with Gasteiger partial charge in [0.1, 0.15) is 0 Å².